The maximum Gasteiger partial charge on any atom is 0.136 e. The molecule has 4 heteroatoms. The van der Waals surface area contributed by atoms with Crippen molar-refractivity contribution in [2.24, 2.45) is 0 Å². The number of hydrogen-bond acceptors (Lipinski definition) is 4. The second kappa shape index (κ2) is 8.67. The van der Waals surface area contributed by atoms with E-state index in [2.05, 4.69) is 105 Å². The van der Waals surface area contributed by atoms with Gasteiger partial charge in [-0.25, -0.2) is 4.98 Å². The van der Waals surface area contributed by atoms with E-state index in [-0.39, 0.29) is 5.41 Å². The van der Waals surface area contributed by atoms with Crippen LogP contribution in [0.3, 0.4) is 0 Å². The van der Waals surface area contributed by atoms with Gasteiger partial charge in [0.1, 0.15) is 22.3 Å². The first-order valence-electron chi connectivity index (χ1n) is 15.3. The third-order valence-electron chi connectivity index (χ3n) is 9.71. The van der Waals surface area contributed by atoms with Gasteiger partial charge in [0.15, 0.2) is 0 Å². The first-order chi connectivity index (χ1) is 22.0. The van der Waals surface area contributed by atoms with Crippen LogP contribution in [0.4, 0.5) is 0 Å². The van der Waals surface area contributed by atoms with Gasteiger partial charge < -0.3 is 8.83 Å². The Labute approximate surface area is 258 Å². The van der Waals surface area contributed by atoms with Crippen LogP contribution in [0, 0.1) is 0 Å². The monoisotopic (exact) mass is 578 g/mol. The third kappa shape index (κ3) is 3.48. The van der Waals surface area contributed by atoms with E-state index in [4.69, 9.17) is 18.8 Å². The Bertz CT molecular complexity index is 2690. The Morgan fingerprint density at radius 2 is 1.13 bits per heavy atom. The number of aromatic nitrogens is 2. The summed E-state index contributed by atoms with van der Waals surface area (Å²) < 4.78 is 12.5. The first-order valence-corrected chi connectivity index (χ1v) is 15.3. The van der Waals surface area contributed by atoms with Gasteiger partial charge in [0, 0.05) is 38.7 Å². The van der Waals surface area contributed by atoms with Crippen molar-refractivity contribution in [2.45, 2.75) is 19.3 Å². The number of benzene rings is 5. The van der Waals surface area contributed by atoms with Gasteiger partial charge in [-0.1, -0.05) is 74.5 Å². The van der Waals surface area contributed by atoms with E-state index < -0.39 is 0 Å². The van der Waals surface area contributed by atoms with Crippen molar-refractivity contribution in [3.8, 4) is 33.8 Å². The lowest BCUT2D eigenvalue weighted by atomic mass is 9.83. The molecule has 0 N–H and O–H groups in total. The van der Waals surface area contributed by atoms with Crippen LogP contribution in [0.1, 0.15) is 25.0 Å². The van der Waals surface area contributed by atoms with Gasteiger partial charge in [-0.15, -0.1) is 0 Å². The third-order valence-corrected chi connectivity index (χ3v) is 9.71. The van der Waals surface area contributed by atoms with Gasteiger partial charge in [0.25, 0.3) is 0 Å². The molecule has 4 aromatic heterocycles. The Balaban J connectivity index is 1.04. The summed E-state index contributed by atoms with van der Waals surface area (Å²) in [6.45, 7) is 4.50. The number of furan rings is 2. The molecule has 0 aliphatic heterocycles. The van der Waals surface area contributed by atoms with Crippen LogP contribution in [-0.4, -0.2) is 9.97 Å². The van der Waals surface area contributed by atoms with Gasteiger partial charge in [0.2, 0.25) is 0 Å². The predicted octanol–water partition coefficient (Wildman–Crippen LogP) is 11.1. The van der Waals surface area contributed by atoms with Crippen molar-refractivity contribution in [1.82, 2.24) is 9.97 Å². The number of para-hydroxylation sites is 1. The van der Waals surface area contributed by atoms with Gasteiger partial charge in [-0.2, -0.15) is 0 Å². The van der Waals surface area contributed by atoms with Crippen LogP contribution in [0.5, 0.6) is 0 Å². The molecule has 45 heavy (non-hydrogen) atoms. The number of hydrogen-bond donors (Lipinski definition) is 0. The minimum Gasteiger partial charge on any atom is -0.456 e. The molecule has 0 fully saturated rings. The summed E-state index contributed by atoms with van der Waals surface area (Å²) in [5.74, 6) is 0. The molecule has 0 saturated carbocycles. The van der Waals surface area contributed by atoms with E-state index in [1.54, 1.807) is 0 Å². The fraction of sp³-hybridized carbons (Fsp3) is 0.0732. The minimum atomic E-state index is -0.102. The molecule has 4 nitrogen and oxygen atoms in total. The summed E-state index contributed by atoms with van der Waals surface area (Å²) in [5, 5.41) is 6.69. The molecule has 0 spiro atoms. The van der Waals surface area contributed by atoms with E-state index in [0.717, 1.165) is 77.6 Å². The summed E-state index contributed by atoms with van der Waals surface area (Å²) in [7, 11) is 0. The molecule has 5 aromatic carbocycles. The van der Waals surface area contributed by atoms with E-state index in [1.165, 1.54) is 21.9 Å². The highest BCUT2D eigenvalue weighted by atomic mass is 16.3. The topological polar surface area (TPSA) is 52.1 Å². The molecule has 9 aromatic rings. The van der Waals surface area contributed by atoms with Crippen molar-refractivity contribution >= 4 is 54.6 Å². The van der Waals surface area contributed by atoms with Gasteiger partial charge in [-0.05, 0) is 87.6 Å². The molecule has 1 aliphatic rings. The Kier molecular flexibility index (Phi) is 4.76. The van der Waals surface area contributed by atoms with E-state index in [9.17, 15) is 0 Å². The zero-order chi connectivity index (χ0) is 29.9. The zero-order valence-electron chi connectivity index (χ0n) is 24.8. The fourth-order valence-corrected chi connectivity index (χ4v) is 7.31. The maximum atomic E-state index is 6.30. The molecule has 4 heterocycles. The van der Waals surface area contributed by atoms with Crippen LogP contribution in [-0.2, 0) is 5.41 Å². The van der Waals surface area contributed by atoms with Crippen LogP contribution < -0.4 is 0 Å². The molecule has 10 rings (SSSR count). The molecular weight excluding hydrogens is 552 g/mol. The molecule has 0 amide bonds. The normalized spacial score (nSPS) is 13.7. The molecule has 0 bridgehead atoms. The van der Waals surface area contributed by atoms with Gasteiger partial charge in [0.05, 0.1) is 17.1 Å². The summed E-state index contributed by atoms with van der Waals surface area (Å²) in [6, 6.07) is 40.6. The number of nitrogens with zero attached hydrogens (tertiary/aromatic N) is 2. The molecule has 212 valence electrons. The maximum absolute atomic E-state index is 6.30. The molecule has 0 unspecified atom stereocenters. The standard InChI is InChI=1S/C41H26N2O2/c1-41(2)32-7-5-17-42-39(32)40-33(41)14-15-34(43-40)27-12-11-23-18-24(9-10-25(23)19-27)26-13-16-36-29(20-26)31-22-37-30(21-38(31)45-36)28-6-3-4-8-35(28)44-37/h3-22H,1-2H3. The van der Waals surface area contributed by atoms with E-state index >= 15 is 0 Å². The van der Waals surface area contributed by atoms with Crippen molar-refractivity contribution in [3.63, 3.8) is 0 Å². The average Bonchev–Trinajstić information content (AvgIpc) is 3.70. The summed E-state index contributed by atoms with van der Waals surface area (Å²) >= 11 is 0. The van der Waals surface area contributed by atoms with Gasteiger partial charge >= 0.3 is 0 Å². The Hall–Kier alpha value is -5.74. The smallest absolute Gasteiger partial charge is 0.136 e. The molecule has 0 saturated heterocycles. The summed E-state index contributed by atoms with van der Waals surface area (Å²) in [4.78, 5) is 9.84. The van der Waals surface area contributed by atoms with Crippen molar-refractivity contribution < 1.29 is 8.83 Å². The number of fused-ring (bicyclic) bond motifs is 10. The molecular formula is C41H26N2O2. The average molecular weight is 579 g/mol. The minimum absolute atomic E-state index is 0.102. The summed E-state index contributed by atoms with van der Waals surface area (Å²) in [6.07, 6.45) is 1.86. The number of rotatable bonds is 2. The SMILES string of the molecule is CC1(C)c2cccnc2-c2nc(-c3ccc4cc(-c5ccc6oc7cc8c(cc7c6c5)oc5ccccc58)ccc4c3)ccc21. The van der Waals surface area contributed by atoms with Crippen LogP contribution in [0.2, 0.25) is 0 Å². The predicted molar refractivity (Wildman–Crippen MR) is 183 cm³/mol. The highest BCUT2D eigenvalue weighted by Gasteiger charge is 2.37. The lowest BCUT2D eigenvalue weighted by Crippen LogP contribution is -2.15. The van der Waals surface area contributed by atoms with E-state index in [1.807, 2.05) is 30.5 Å². The van der Waals surface area contributed by atoms with Gasteiger partial charge in [-0.3, -0.25) is 4.98 Å². The Morgan fingerprint density at radius 1 is 0.489 bits per heavy atom. The lowest BCUT2D eigenvalue weighted by Gasteiger charge is -2.20. The first kappa shape index (κ1) is 24.7. The molecule has 0 radical (unpaired) electrons. The zero-order valence-corrected chi connectivity index (χ0v) is 24.8. The largest absolute Gasteiger partial charge is 0.456 e. The Morgan fingerprint density at radius 3 is 1.98 bits per heavy atom. The van der Waals surface area contributed by atoms with Crippen LogP contribution >= 0.6 is 0 Å². The quantitative estimate of drug-likeness (QED) is 0.205. The van der Waals surface area contributed by atoms with Crippen LogP contribution in [0.25, 0.3) is 88.4 Å². The highest BCUT2D eigenvalue weighted by molar-refractivity contribution is 6.15. The van der Waals surface area contributed by atoms with Crippen molar-refractivity contribution in [3.05, 3.63) is 133 Å². The highest BCUT2D eigenvalue weighted by Crippen LogP contribution is 2.47. The summed E-state index contributed by atoms with van der Waals surface area (Å²) in [5.41, 5.74) is 12.2. The lowest BCUT2D eigenvalue weighted by molar-refractivity contribution is 0.658. The van der Waals surface area contributed by atoms with Crippen molar-refractivity contribution in [1.29, 1.82) is 0 Å². The van der Waals surface area contributed by atoms with E-state index in [0.29, 0.717) is 0 Å². The second-order valence-corrected chi connectivity index (χ2v) is 12.6. The van der Waals surface area contributed by atoms with Crippen molar-refractivity contribution in [2.75, 3.05) is 0 Å². The van der Waals surface area contributed by atoms with Crippen LogP contribution in [0.15, 0.2) is 130 Å². The second-order valence-electron chi connectivity index (χ2n) is 12.6. The fourth-order valence-electron chi connectivity index (χ4n) is 7.31. The molecule has 1 aliphatic carbocycles. The molecule has 0 atom stereocenters. The number of pyridine rings is 2.